The van der Waals surface area contributed by atoms with Crippen molar-refractivity contribution in [3.63, 3.8) is 0 Å². The van der Waals surface area contributed by atoms with Crippen LogP contribution in [0.3, 0.4) is 0 Å². The second-order valence-electron chi connectivity index (χ2n) is 5.20. The zero-order valence-electron chi connectivity index (χ0n) is 10.3. The van der Waals surface area contributed by atoms with E-state index < -0.39 is 5.60 Å². The molecular weight excluding hydrogens is 206 g/mol. The molecule has 16 heavy (non-hydrogen) atoms. The molecule has 0 saturated carbocycles. The molecule has 1 saturated heterocycles. The Morgan fingerprint density at radius 2 is 2.00 bits per heavy atom. The fraction of sp³-hybridized carbons (Fsp3) is 0.833. The minimum absolute atomic E-state index is 0.0394. The summed E-state index contributed by atoms with van der Waals surface area (Å²) in [6.07, 6.45) is 2.41. The van der Waals surface area contributed by atoms with Crippen molar-refractivity contribution in [3.05, 3.63) is 0 Å². The van der Waals surface area contributed by atoms with Gasteiger partial charge in [-0.1, -0.05) is 0 Å². The molecule has 0 aromatic rings. The van der Waals surface area contributed by atoms with Crippen molar-refractivity contribution < 1.29 is 14.3 Å². The molecule has 0 aromatic carbocycles. The van der Waals surface area contributed by atoms with Crippen LogP contribution in [0.4, 0.5) is 0 Å². The average Bonchev–Trinajstić information content (AvgIpc) is 2.64. The van der Waals surface area contributed by atoms with Crippen molar-refractivity contribution in [2.45, 2.75) is 58.1 Å². The number of carbonyl (C=O) groups excluding carboxylic acids is 2. The maximum Gasteiger partial charge on any atom is 0.306 e. The van der Waals surface area contributed by atoms with Crippen LogP contribution in [0.15, 0.2) is 0 Å². The first-order valence-electron chi connectivity index (χ1n) is 5.86. The highest BCUT2D eigenvalue weighted by Crippen LogP contribution is 2.12. The number of hydrogen-bond donors (Lipinski definition) is 1. The SMILES string of the molecule is CC(C)(C)OC(=O)CCC(=O)C1CCCN1. The highest BCUT2D eigenvalue weighted by Gasteiger charge is 2.23. The van der Waals surface area contributed by atoms with Gasteiger partial charge in [0.05, 0.1) is 12.5 Å². The Morgan fingerprint density at radius 1 is 1.31 bits per heavy atom. The van der Waals surface area contributed by atoms with E-state index in [0.717, 1.165) is 19.4 Å². The van der Waals surface area contributed by atoms with E-state index >= 15 is 0 Å². The number of esters is 1. The summed E-state index contributed by atoms with van der Waals surface area (Å²) >= 11 is 0. The normalized spacial score (nSPS) is 20.8. The van der Waals surface area contributed by atoms with E-state index in [0.29, 0.717) is 0 Å². The smallest absolute Gasteiger partial charge is 0.306 e. The molecule has 4 heteroatoms. The van der Waals surface area contributed by atoms with E-state index in [2.05, 4.69) is 5.32 Å². The first-order chi connectivity index (χ1) is 7.38. The standard InChI is InChI=1S/C12H21NO3/c1-12(2,3)16-11(15)7-6-10(14)9-5-4-8-13-9/h9,13H,4-8H2,1-3H3. The molecule has 92 valence electrons. The Bertz CT molecular complexity index is 262. The molecule has 1 rings (SSSR count). The van der Waals surface area contributed by atoms with Crippen LogP contribution in [-0.2, 0) is 14.3 Å². The summed E-state index contributed by atoms with van der Waals surface area (Å²) in [7, 11) is 0. The molecule has 0 aromatic heterocycles. The quantitative estimate of drug-likeness (QED) is 0.738. The molecule has 1 heterocycles. The Hall–Kier alpha value is -0.900. The highest BCUT2D eigenvalue weighted by atomic mass is 16.6. The third kappa shape index (κ3) is 4.75. The molecule has 0 amide bonds. The topological polar surface area (TPSA) is 55.4 Å². The lowest BCUT2D eigenvalue weighted by molar-refractivity contribution is -0.155. The summed E-state index contributed by atoms with van der Waals surface area (Å²) in [6.45, 7) is 6.38. The van der Waals surface area contributed by atoms with Crippen LogP contribution >= 0.6 is 0 Å². The number of ketones is 1. The van der Waals surface area contributed by atoms with E-state index in [1.165, 1.54) is 0 Å². The van der Waals surface area contributed by atoms with Crippen molar-refractivity contribution >= 4 is 11.8 Å². The van der Waals surface area contributed by atoms with Gasteiger partial charge >= 0.3 is 5.97 Å². The van der Waals surface area contributed by atoms with Gasteiger partial charge in [0.25, 0.3) is 0 Å². The van der Waals surface area contributed by atoms with Crippen molar-refractivity contribution in [2.24, 2.45) is 0 Å². The largest absolute Gasteiger partial charge is 0.460 e. The molecule has 1 N–H and O–H groups in total. The van der Waals surface area contributed by atoms with Gasteiger partial charge in [0.1, 0.15) is 11.4 Å². The molecular formula is C12H21NO3. The fourth-order valence-electron chi connectivity index (χ4n) is 1.75. The van der Waals surface area contributed by atoms with Gasteiger partial charge in [0.2, 0.25) is 0 Å². The lowest BCUT2D eigenvalue weighted by Crippen LogP contribution is -2.31. The Morgan fingerprint density at radius 3 is 2.50 bits per heavy atom. The molecule has 1 aliphatic rings. The second kappa shape index (κ2) is 5.43. The van der Waals surface area contributed by atoms with E-state index in [4.69, 9.17) is 4.74 Å². The van der Waals surface area contributed by atoms with Gasteiger partial charge in [-0.05, 0) is 40.2 Å². The highest BCUT2D eigenvalue weighted by molar-refractivity contribution is 5.87. The monoisotopic (exact) mass is 227 g/mol. The van der Waals surface area contributed by atoms with Crippen LogP contribution in [0.2, 0.25) is 0 Å². The summed E-state index contributed by atoms with van der Waals surface area (Å²) in [5.41, 5.74) is -0.467. The minimum atomic E-state index is -0.467. The minimum Gasteiger partial charge on any atom is -0.460 e. The van der Waals surface area contributed by atoms with E-state index in [9.17, 15) is 9.59 Å². The van der Waals surface area contributed by atoms with Gasteiger partial charge in [-0.25, -0.2) is 0 Å². The van der Waals surface area contributed by atoms with E-state index in [1.807, 2.05) is 20.8 Å². The Balaban J connectivity index is 2.23. The Kier molecular flexibility index (Phi) is 4.47. The van der Waals surface area contributed by atoms with Crippen molar-refractivity contribution in [2.75, 3.05) is 6.54 Å². The van der Waals surface area contributed by atoms with Gasteiger partial charge in [-0.3, -0.25) is 9.59 Å². The first-order valence-corrected chi connectivity index (χ1v) is 5.86. The first kappa shape index (κ1) is 13.2. The average molecular weight is 227 g/mol. The van der Waals surface area contributed by atoms with Crippen LogP contribution < -0.4 is 5.32 Å². The summed E-state index contributed by atoms with van der Waals surface area (Å²) in [6, 6.07) is -0.0394. The van der Waals surface area contributed by atoms with Gasteiger partial charge in [0.15, 0.2) is 0 Å². The predicted molar refractivity (Wildman–Crippen MR) is 61.1 cm³/mol. The molecule has 0 radical (unpaired) electrons. The number of carbonyl (C=O) groups is 2. The van der Waals surface area contributed by atoms with Crippen LogP contribution in [-0.4, -0.2) is 29.9 Å². The fourth-order valence-corrected chi connectivity index (χ4v) is 1.75. The summed E-state index contributed by atoms with van der Waals surface area (Å²) in [4.78, 5) is 23.0. The third-order valence-corrected chi connectivity index (χ3v) is 2.44. The van der Waals surface area contributed by atoms with E-state index in [1.54, 1.807) is 0 Å². The van der Waals surface area contributed by atoms with Crippen LogP contribution in [0.5, 0.6) is 0 Å². The van der Waals surface area contributed by atoms with Crippen LogP contribution in [0, 0.1) is 0 Å². The third-order valence-electron chi connectivity index (χ3n) is 2.44. The number of ether oxygens (including phenoxy) is 1. The summed E-state index contributed by atoms with van der Waals surface area (Å²) in [5.74, 6) is -0.165. The number of Topliss-reactive ketones (excluding diaryl/α,β-unsaturated/α-hetero) is 1. The van der Waals surface area contributed by atoms with Gasteiger partial charge in [-0.2, -0.15) is 0 Å². The van der Waals surface area contributed by atoms with Gasteiger partial charge < -0.3 is 10.1 Å². The maximum absolute atomic E-state index is 11.6. The van der Waals surface area contributed by atoms with Gasteiger partial charge in [-0.15, -0.1) is 0 Å². The van der Waals surface area contributed by atoms with Crippen molar-refractivity contribution in [3.8, 4) is 0 Å². The molecule has 1 fully saturated rings. The number of rotatable bonds is 4. The van der Waals surface area contributed by atoms with Crippen LogP contribution in [0.1, 0.15) is 46.5 Å². The molecule has 0 aliphatic carbocycles. The maximum atomic E-state index is 11.6. The Labute approximate surface area is 96.7 Å². The number of hydrogen-bond acceptors (Lipinski definition) is 4. The second-order valence-corrected chi connectivity index (χ2v) is 5.20. The van der Waals surface area contributed by atoms with Crippen LogP contribution in [0.25, 0.3) is 0 Å². The summed E-state index contributed by atoms with van der Waals surface area (Å²) in [5, 5.41) is 3.13. The lowest BCUT2D eigenvalue weighted by Gasteiger charge is -2.19. The number of nitrogens with one attached hydrogen (secondary N) is 1. The van der Waals surface area contributed by atoms with Gasteiger partial charge in [0, 0.05) is 6.42 Å². The zero-order valence-corrected chi connectivity index (χ0v) is 10.3. The van der Waals surface area contributed by atoms with E-state index in [-0.39, 0.29) is 30.6 Å². The molecule has 0 bridgehead atoms. The molecule has 1 aliphatic heterocycles. The molecule has 1 unspecified atom stereocenters. The summed E-state index contributed by atoms with van der Waals surface area (Å²) < 4.78 is 5.14. The van der Waals surface area contributed by atoms with Crippen molar-refractivity contribution in [1.82, 2.24) is 5.32 Å². The van der Waals surface area contributed by atoms with Crippen molar-refractivity contribution in [1.29, 1.82) is 0 Å². The molecule has 4 nitrogen and oxygen atoms in total. The zero-order chi connectivity index (χ0) is 12.2. The molecule has 1 atom stereocenters. The molecule has 0 spiro atoms. The predicted octanol–water partition coefficient (Wildman–Crippen LogP) is 1.43. The lowest BCUT2D eigenvalue weighted by atomic mass is 10.1.